The van der Waals surface area contributed by atoms with Gasteiger partial charge in [0.15, 0.2) is 6.29 Å². The van der Waals surface area contributed by atoms with Crippen molar-refractivity contribution in [2.75, 3.05) is 13.2 Å². The first kappa shape index (κ1) is 64.9. The lowest BCUT2D eigenvalue weighted by Crippen LogP contribution is -2.60. The van der Waals surface area contributed by atoms with Gasteiger partial charge in [-0.1, -0.05) is 289 Å². The zero-order chi connectivity index (χ0) is 49.4. The number of hydrogen-bond donors (Lipinski definition) is 6. The third-order valence-corrected chi connectivity index (χ3v) is 14.6. The number of nitrogens with one attached hydrogen (secondary N) is 1. The number of aliphatic hydroxyl groups is 5. The fraction of sp³-hybridized carbons (Fsp3) is 0.949. The molecule has 0 aliphatic carbocycles. The Balaban J connectivity index is 2.14. The molecule has 1 aliphatic rings. The topological polar surface area (TPSA) is 149 Å². The van der Waals surface area contributed by atoms with Crippen LogP contribution in [0.15, 0.2) is 12.2 Å². The molecule has 9 heteroatoms. The van der Waals surface area contributed by atoms with Crippen LogP contribution in [0.1, 0.15) is 303 Å². The van der Waals surface area contributed by atoms with E-state index in [1.807, 2.05) is 6.08 Å². The van der Waals surface area contributed by atoms with Gasteiger partial charge >= 0.3 is 0 Å². The third kappa shape index (κ3) is 38.6. The number of allylic oxidation sites excluding steroid dienone is 1. The molecule has 0 aromatic rings. The smallest absolute Gasteiger partial charge is 0.220 e. The summed E-state index contributed by atoms with van der Waals surface area (Å²) in [4.78, 5) is 13.1. The van der Waals surface area contributed by atoms with E-state index in [0.717, 1.165) is 38.5 Å². The summed E-state index contributed by atoms with van der Waals surface area (Å²) in [6.07, 6.45) is 54.3. The minimum absolute atomic E-state index is 0.170. The third-order valence-electron chi connectivity index (χ3n) is 14.6. The van der Waals surface area contributed by atoms with E-state index in [4.69, 9.17) is 9.47 Å². The van der Waals surface area contributed by atoms with Crippen LogP contribution in [0.4, 0.5) is 0 Å². The summed E-state index contributed by atoms with van der Waals surface area (Å²) in [6, 6.07) is -0.800. The normalized spacial score (nSPS) is 19.5. The molecule has 0 radical (unpaired) electrons. The zero-order valence-corrected chi connectivity index (χ0v) is 44.9. The Bertz CT molecular complexity index is 1080. The van der Waals surface area contributed by atoms with Crippen molar-refractivity contribution >= 4 is 5.91 Å². The van der Waals surface area contributed by atoms with Crippen LogP contribution in [0, 0.1) is 0 Å². The molecule has 0 saturated carbocycles. The van der Waals surface area contributed by atoms with Gasteiger partial charge in [-0.25, -0.2) is 0 Å². The molecule has 7 atom stereocenters. The Morgan fingerprint density at radius 3 is 1.15 bits per heavy atom. The summed E-state index contributed by atoms with van der Waals surface area (Å²) in [5, 5.41) is 54.5. The van der Waals surface area contributed by atoms with E-state index in [-0.39, 0.29) is 12.5 Å². The van der Waals surface area contributed by atoms with Gasteiger partial charge in [0.25, 0.3) is 0 Å². The fourth-order valence-corrected chi connectivity index (χ4v) is 9.87. The SMILES string of the molecule is CCCCCCCCCCCCCCCC/C=C/C(O)C(COC1OC(CO)C(O)C(O)C1O)NC(=O)CCCCCCCCCCCCCCCCCCCCCCCCCCCCCCC. The van der Waals surface area contributed by atoms with Crippen LogP contribution in [0.5, 0.6) is 0 Å². The lowest BCUT2D eigenvalue weighted by Gasteiger charge is -2.40. The highest BCUT2D eigenvalue weighted by atomic mass is 16.7. The molecule has 68 heavy (non-hydrogen) atoms. The van der Waals surface area contributed by atoms with Gasteiger partial charge in [0.05, 0.1) is 25.4 Å². The molecule has 7 unspecified atom stereocenters. The number of hydrogen-bond acceptors (Lipinski definition) is 8. The van der Waals surface area contributed by atoms with E-state index in [1.54, 1.807) is 6.08 Å². The molecule has 0 bridgehead atoms. The first-order chi connectivity index (χ1) is 33.3. The van der Waals surface area contributed by atoms with Crippen molar-refractivity contribution in [3.63, 3.8) is 0 Å². The number of rotatable bonds is 52. The van der Waals surface area contributed by atoms with Crippen molar-refractivity contribution in [2.45, 2.75) is 346 Å². The van der Waals surface area contributed by atoms with Gasteiger partial charge in [-0.3, -0.25) is 4.79 Å². The number of carbonyl (C=O) groups is 1. The average Bonchev–Trinajstić information content (AvgIpc) is 3.34. The van der Waals surface area contributed by atoms with Crippen LogP contribution in [-0.4, -0.2) is 87.5 Å². The molecular formula is C59H115NO8. The zero-order valence-electron chi connectivity index (χ0n) is 44.9. The van der Waals surface area contributed by atoms with Crippen LogP contribution in [0.2, 0.25) is 0 Å². The van der Waals surface area contributed by atoms with Gasteiger partial charge in [0, 0.05) is 6.42 Å². The second-order valence-electron chi connectivity index (χ2n) is 21.2. The average molecular weight is 967 g/mol. The summed E-state index contributed by atoms with van der Waals surface area (Å²) in [6.45, 7) is 3.82. The predicted octanol–water partition coefficient (Wildman–Crippen LogP) is 14.8. The van der Waals surface area contributed by atoms with Crippen LogP contribution in [-0.2, 0) is 14.3 Å². The lowest BCUT2D eigenvalue weighted by molar-refractivity contribution is -0.302. The highest BCUT2D eigenvalue weighted by molar-refractivity contribution is 5.76. The lowest BCUT2D eigenvalue weighted by atomic mass is 9.99. The van der Waals surface area contributed by atoms with E-state index in [0.29, 0.717) is 6.42 Å². The van der Waals surface area contributed by atoms with Crippen molar-refractivity contribution in [3.8, 4) is 0 Å². The first-order valence-corrected chi connectivity index (χ1v) is 29.9. The quantitative estimate of drug-likeness (QED) is 0.0261. The Morgan fingerprint density at radius 2 is 0.809 bits per heavy atom. The Morgan fingerprint density at radius 1 is 0.485 bits per heavy atom. The van der Waals surface area contributed by atoms with Crippen molar-refractivity contribution in [3.05, 3.63) is 12.2 Å². The van der Waals surface area contributed by atoms with E-state index >= 15 is 0 Å². The first-order valence-electron chi connectivity index (χ1n) is 29.9. The molecule has 1 fully saturated rings. The number of ether oxygens (including phenoxy) is 2. The maximum atomic E-state index is 13.1. The summed E-state index contributed by atoms with van der Waals surface area (Å²) >= 11 is 0. The van der Waals surface area contributed by atoms with Gasteiger partial charge in [0.2, 0.25) is 5.91 Å². The molecule has 0 spiro atoms. The van der Waals surface area contributed by atoms with E-state index < -0.39 is 49.5 Å². The van der Waals surface area contributed by atoms with Crippen LogP contribution >= 0.6 is 0 Å². The van der Waals surface area contributed by atoms with Gasteiger partial charge in [-0.2, -0.15) is 0 Å². The standard InChI is InChI=1S/C59H115NO8/c1-3-5-7-9-11-13-15-17-19-21-22-23-24-25-26-27-28-29-30-31-32-33-35-37-39-41-43-45-47-49-55(63)60-52(51-67-59-58(66)57(65)56(64)54(50-61)68-59)53(62)48-46-44-42-40-38-36-34-20-18-16-14-12-10-8-6-4-2/h46,48,52-54,56-59,61-62,64-66H,3-45,47,49-51H2,1-2H3,(H,60,63)/b48-46+. The molecule has 1 heterocycles. The Labute approximate surface area is 420 Å². The number of carbonyl (C=O) groups excluding carboxylic acids is 1. The monoisotopic (exact) mass is 966 g/mol. The Kier molecular flexibility index (Phi) is 47.3. The maximum absolute atomic E-state index is 13.1. The molecule has 6 N–H and O–H groups in total. The van der Waals surface area contributed by atoms with Gasteiger partial charge in [0.1, 0.15) is 24.4 Å². The van der Waals surface area contributed by atoms with Crippen molar-refractivity contribution in [1.29, 1.82) is 0 Å². The summed E-state index contributed by atoms with van der Waals surface area (Å²) in [5.41, 5.74) is 0. The molecule has 1 saturated heterocycles. The number of aliphatic hydroxyl groups excluding tert-OH is 5. The van der Waals surface area contributed by atoms with E-state index in [2.05, 4.69) is 19.2 Å². The predicted molar refractivity (Wildman–Crippen MR) is 286 cm³/mol. The molecule has 1 aliphatic heterocycles. The fourth-order valence-electron chi connectivity index (χ4n) is 9.87. The van der Waals surface area contributed by atoms with Crippen molar-refractivity contribution < 1.29 is 39.8 Å². The highest BCUT2D eigenvalue weighted by Crippen LogP contribution is 2.23. The number of unbranched alkanes of at least 4 members (excludes halogenated alkanes) is 42. The van der Waals surface area contributed by atoms with Gasteiger partial charge in [-0.15, -0.1) is 0 Å². The largest absolute Gasteiger partial charge is 0.394 e. The molecule has 1 amide bonds. The minimum atomic E-state index is -1.56. The van der Waals surface area contributed by atoms with E-state index in [9.17, 15) is 30.3 Å². The molecule has 1 rings (SSSR count). The minimum Gasteiger partial charge on any atom is -0.394 e. The van der Waals surface area contributed by atoms with E-state index in [1.165, 1.54) is 244 Å². The van der Waals surface area contributed by atoms with Crippen LogP contribution in [0.25, 0.3) is 0 Å². The summed E-state index contributed by atoms with van der Waals surface area (Å²) < 4.78 is 11.3. The van der Waals surface area contributed by atoms with Crippen molar-refractivity contribution in [2.24, 2.45) is 0 Å². The maximum Gasteiger partial charge on any atom is 0.220 e. The molecular weight excluding hydrogens is 851 g/mol. The molecule has 9 nitrogen and oxygen atoms in total. The summed E-state index contributed by atoms with van der Waals surface area (Å²) in [5.74, 6) is -0.170. The van der Waals surface area contributed by atoms with Crippen molar-refractivity contribution in [1.82, 2.24) is 5.32 Å². The van der Waals surface area contributed by atoms with Gasteiger partial charge < -0.3 is 40.3 Å². The molecule has 0 aromatic heterocycles. The highest BCUT2D eigenvalue weighted by Gasteiger charge is 2.44. The number of amides is 1. The molecule has 404 valence electrons. The molecule has 0 aromatic carbocycles. The van der Waals surface area contributed by atoms with Crippen LogP contribution < -0.4 is 5.32 Å². The Hall–Kier alpha value is -1.07. The van der Waals surface area contributed by atoms with Crippen LogP contribution in [0.3, 0.4) is 0 Å². The van der Waals surface area contributed by atoms with Gasteiger partial charge in [-0.05, 0) is 19.3 Å². The second kappa shape index (κ2) is 49.5. The summed E-state index contributed by atoms with van der Waals surface area (Å²) in [7, 11) is 0. The second-order valence-corrected chi connectivity index (χ2v) is 21.2.